The van der Waals surface area contributed by atoms with Gasteiger partial charge in [-0.25, -0.2) is 0 Å². The maximum Gasteiger partial charge on any atom is 0.163 e. The van der Waals surface area contributed by atoms with Gasteiger partial charge < -0.3 is 15.4 Å². The summed E-state index contributed by atoms with van der Waals surface area (Å²) in [5.74, 6) is 1.21. The van der Waals surface area contributed by atoms with Gasteiger partial charge in [-0.2, -0.15) is 0 Å². The highest BCUT2D eigenvalue weighted by Gasteiger charge is 2.36. The standard InChI is InChI=1S/C24H22N2O2S/c1-28-17-7-4-6-15(12-17)24-23-20(25-18-8-2-3-9-19(18)26-24)13-16(14-21(23)27)22-10-5-11-29-22/h2-12,16,24-26H,13-14H2,1H3/t16-,24+/m0/s1. The van der Waals surface area contributed by atoms with Gasteiger partial charge in [0, 0.05) is 28.5 Å². The van der Waals surface area contributed by atoms with Gasteiger partial charge in [0.1, 0.15) is 5.75 Å². The maximum atomic E-state index is 13.4. The van der Waals surface area contributed by atoms with Crippen LogP contribution in [0.5, 0.6) is 5.75 Å². The number of fused-ring (bicyclic) bond motifs is 1. The van der Waals surface area contributed by atoms with Crippen LogP contribution < -0.4 is 15.4 Å². The zero-order valence-electron chi connectivity index (χ0n) is 16.1. The predicted octanol–water partition coefficient (Wildman–Crippen LogP) is 5.74. The van der Waals surface area contributed by atoms with E-state index in [1.165, 1.54) is 4.88 Å². The van der Waals surface area contributed by atoms with Crippen molar-refractivity contribution in [3.8, 4) is 5.75 Å². The van der Waals surface area contributed by atoms with E-state index in [1.54, 1.807) is 18.4 Å². The summed E-state index contributed by atoms with van der Waals surface area (Å²) in [5.41, 5.74) is 4.88. The van der Waals surface area contributed by atoms with Gasteiger partial charge >= 0.3 is 0 Å². The minimum Gasteiger partial charge on any atom is -0.497 e. The smallest absolute Gasteiger partial charge is 0.163 e. The van der Waals surface area contributed by atoms with Crippen LogP contribution in [0.25, 0.3) is 0 Å². The Morgan fingerprint density at radius 3 is 2.66 bits per heavy atom. The van der Waals surface area contributed by atoms with Crippen molar-refractivity contribution in [2.75, 3.05) is 17.7 Å². The van der Waals surface area contributed by atoms with Crippen molar-refractivity contribution in [1.82, 2.24) is 0 Å². The van der Waals surface area contributed by atoms with E-state index < -0.39 is 0 Å². The maximum absolute atomic E-state index is 13.4. The van der Waals surface area contributed by atoms with E-state index in [0.29, 0.717) is 6.42 Å². The van der Waals surface area contributed by atoms with Gasteiger partial charge in [0.15, 0.2) is 5.78 Å². The molecular formula is C24H22N2O2S. The lowest BCUT2D eigenvalue weighted by Crippen LogP contribution is -2.26. The largest absolute Gasteiger partial charge is 0.497 e. The van der Waals surface area contributed by atoms with Crippen molar-refractivity contribution in [3.63, 3.8) is 0 Å². The number of ketones is 1. The SMILES string of the molecule is COc1cccc([C@H]2Nc3ccccc3NC3=C2C(=O)C[C@@H](c2cccs2)C3)c1. The van der Waals surface area contributed by atoms with Gasteiger partial charge in [-0.3, -0.25) is 4.79 Å². The number of rotatable bonds is 3. The molecule has 5 rings (SSSR count). The number of Topliss-reactive ketones (excluding diaryl/α,β-unsaturated/α-hetero) is 1. The molecule has 3 aromatic rings. The Kier molecular flexibility index (Phi) is 4.60. The average molecular weight is 403 g/mol. The fourth-order valence-corrected chi connectivity index (χ4v) is 5.12. The van der Waals surface area contributed by atoms with Crippen LogP contribution in [-0.2, 0) is 4.79 Å². The number of anilines is 2. The van der Waals surface area contributed by atoms with Crippen molar-refractivity contribution in [2.24, 2.45) is 0 Å². The molecule has 2 heterocycles. The molecule has 1 aliphatic carbocycles. The molecule has 146 valence electrons. The summed E-state index contributed by atoms with van der Waals surface area (Å²) in [6, 6.07) is 20.1. The highest BCUT2D eigenvalue weighted by molar-refractivity contribution is 7.10. The van der Waals surface area contributed by atoms with E-state index in [9.17, 15) is 4.79 Å². The van der Waals surface area contributed by atoms with Gasteiger partial charge in [-0.05, 0) is 47.7 Å². The first-order chi connectivity index (χ1) is 14.2. The third-order valence-corrected chi connectivity index (χ3v) is 6.72. The Morgan fingerprint density at radius 1 is 1.00 bits per heavy atom. The third-order valence-electron chi connectivity index (χ3n) is 5.68. The molecular weight excluding hydrogens is 380 g/mol. The summed E-state index contributed by atoms with van der Waals surface area (Å²) in [6.45, 7) is 0. The van der Waals surface area contributed by atoms with Crippen LogP contribution in [0.3, 0.4) is 0 Å². The van der Waals surface area contributed by atoms with Crippen LogP contribution in [0.15, 0.2) is 77.3 Å². The molecule has 0 unspecified atom stereocenters. The Hall–Kier alpha value is -3.05. The topological polar surface area (TPSA) is 50.4 Å². The summed E-state index contributed by atoms with van der Waals surface area (Å²) in [4.78, 5) is 14.7. The number of methoxy groups -OCH3 is 1. The van der Waals surface area contributed by atoms with Crippen molar-refractivity contribution >= 4 is 28.5 Å². The molecule has 29 heavy (non-hydrogen) atoms. The first-order valence-corrected chi connectivity index (χ1v) is 10.7. The molecule has 5 heteroatoms. The Morgan fingerprint density at radius 2 is 1.86 bits per heavy atom. The van der Waals surface area contributed by atoms with Crippen LogP contribution in [0.1, 0.15) is 35.2 Å². The van der Waals surface area contributed by atoms with Gasteiger partial charge in [0.05, 0.1) is 24.5 Å². The van der Waals surface area contributed by atoms with E-state index >= 15 is 0 Å². The summed E-state index contributed by atoms with van der Waals surface area (Å²) in [7, 11) is 1.67. The number of para-hydroxylation sites is 2. The second-order valence-electron chi connectivity index (χ2n) is 7.46. The van der Waals surface area contributed by atoms with E-state index in [0.717, 1.165) is 40.4 Å². The summed E-state index contributed by atoms with van der Waals surface area (Å²) < 4.78 is 5.43. The van der Waals surface area contributed by atoms with Crippen LogP contribution in [0.2, 0.25) is 0 Å². The summed E-state index contributed by atoms with van der Waals surface area (Å²) in [6.07, 6.45) is 1.37. The molecule has 0 spiro atoms. The van der Waals surface area contributed by atoms with Crippen LogP contribution in [-0.4, -0.2) is 12.9 Å². The second kappa shape index (κ2) is 7.41. The number of nitrogens with one attached hydrogen (secondary N) is 2. The highest BCUT2D eigenvalue weighted by Crippen LogP contribution is 2.45. The Bertz CT molecular complexity index is 1090. The first-order valence-electron chi connectivity index (χ1n) is 9.79. The molecule has 1 aromatic heterocycles. The van der Waals surface area contributed by atoms with Crippen molar-refractivity contribution in [3.05, 3.63) is 87.8 Å². The number of carbonyl (C=O) groups excluding carboxylic acids is 1. The molecule has 0 fully saturated rings. The second-order valence-corrected chi connectivity index (χ2v) is 8.44. The van der Waals surface area contributed by atoms with Gasteiger partial charge in [-0.1, -0.05) is 30.3 Å². The summed E-state index contributed by atoms with van der Waals surface area (Å²) >= 11 is 1.73. The van der Waals surface area contributed by atoms with Crippen molar-refractivity contribution in [1.29, 1.82) is 0 Å². The molecule has 2 aliphatic rings. The van der Waals surface area contributed by atoms with Gasteiger partial charge in [0.2, 0.25) is 0 Å². The fourth-order valence-electron chi connectivity index (χ4n) is 4.29. The lowest BCUT2D eigenvalue weighted by Gasteiger charge is -2.29. The Labute approximate surface area is 174 Å². The predicted molar refractivity (Wildman–Crippen MR) is 118 cm³/mol. The summed E-state index contributed by atoms with van der Waals surface area (Å²) in [5, 5.41) is 9.28. The van der Waals surface area contributed by atoms with Gasteiger partial charge in [0.25, 0.3) is 0 Å². The van der Waals surface area contributed by atoms with E-state index in [-0.39, 0.29) is 17.7 Å². The Balaban J connectivity index is 1.63. The van der Waals surface area contributed by atoms with Crippen molar-refractivity contribution < 1.29 is 9.53 Å². The molecule has 0 saturated heterocycles. The number of hydrogen-bond donors (Lipinski definition) is 2. The van der Waals surface area contributed by atoms with E-state index in [2.05, 4.69) is 46.3 Å². The minimum atomic E-state index is -0.215. The van der Waals surface area contributed by atoms with E-state index in [1.807, 2.05) is 30.3 Å². The minimum absolute atomic E-state index is 0.199. The molecule has 2 atom stereocenters. The van der Waals surface area contributed by atoms with Crippen LogP contribution in [0, 0.1) is 0 Å². The van der Waals surface area contributed by atoms with Crippen LogP contribution >= 0.6 is 11.3 Å². The lowest BCUT2D eigenvalue weighted by molar-refractivity contribution is -0.116. The monoisotopic (exact) mass is 402 g/mol. The lowest BCUT2D eigenvalue weighted by atomic mass is 9.81. The number of benzene rings is 2. The number of thiophene rings is 1. The molecule has 0 amide bonds. The van der Waals surface area contributed by atoms with Crippen molar-refractivity contribution in [2.45, 2.75) is 24.8 Å². The third kappa shape index (κ3) is 3.32. The highest BCUT2D eigenvalue weighted by atomic mass is 32.1. The molecule has 0 bridgehead atoms. The first kappa shape index (κ1) is 18.0. The number of allylic oxidation sites excluding steroid dienone is 1. The fraction of sp³-hybridized carbons (Fsp3) is 0.208. The molecule has 0 saturated carbocycles. The normalized spacial score (nSPS) is 20.8. The molecule has 2 N–H and O–H groups in total. The number of ether oxygens (including phenoxy) is 1. The molecule has 1 aliphatic heterocycles. The average Bonchev–Trinajstić information content (AvgIpc) is 3.23. The molecule has 2 aromatic carbocycles. The number of hydrogen-bond acceptors (Lipinski definition) is 5. The van der Waals surface area contributed by atoms with E-state index in [4.69, 9.17) is 4.74 Å². The van der Waals surface area contributed by atoms with Crippen LogP contribution in [0.4, 0.5) is 11.4 Å². The molecule has 0 radical (unpaired) electrons. The zero-order valence-corrected chi connectivity index (χ0v) is 17.0. The number of carbonyl (C=O) groups is 1. The zero-order chi connectivity index (χ0) is 19.8. The van der Waals surface area contributed by atoms with Gasteiger partial charge in [-0.15, -0.1) is 11.3 Å². The quantitative estimate of drug-likeness (QED) is 0.587. The molecule has 4 nitrogen and oxygen atoms in total.